The molecule has 0 aliphatic carbocycles. The van der Waals surface area contributed by atoms with Crippen molar-refractivity contribution >= 4 is 15.9 Å². The number of hydrogen-bond acceptors (Lipinski definition) is 1. The van der Waals surface area contributed by atoms with E-state index in [1.165, 1.54) is 11.3 Å². The molecule has 0 radical (unpaired) electrons. The van der Waals surface area contributed by atoms with Gasteiger partial charge in [-0.3, -0.25) is 5.41 Å². The van der Waals surface area contributed by atoms with Crippen molar-refractivity contribution in [2.24, 2.45) is 0 Å². The van der Waals surface area contributed by atoms with E-state index in [1.54, 1.807) is 0 Å². The third-order valence-corrected chi connectivity index (χ3v) is 5.17. The fraction of sp³-hybridized carbons (Fsp3) is 0.150. The second-order valence-electron chi connectivity index (χ2n) is 5.87. The highest BCUT2D eigenvalue weighted by atomic mass is 79.9. The van der Waals surface area contributed by atoms with Crippen molar-refractivity contribution in [1.82, 2.24) is 4.57 Å². The van der Waals surface area contributed by atoms with Crippen LogP contribution in [0.5, 0.6) is 0 Å². The van der Waals surface area contributed by atoms with Gasteiger partial charge in [0.1, 0.15) is 5.49 Å². The van der Waals surface area contributed by atoms with E-state index >= 15 is 0 Å². The molecular formula is C20H17BrN2. The summed E-state index contributed by atoms with van der Waals surface area (Å²) >= 11 is 3.66. The number of fused-ring (bicyclic) bond motifs is 1. The van der Waals surface area contributed by atoms with Gasteiger partial charge in [0, 0.05) is 27.8 Å². The molecule has 0 atom stereocenters. The van der Waals surface area contributed by atoms with Crippen LogP contribution in [0.3, 0.4) is 0 Å². The monoisotopic (exact) mass is 364 g/mol. The van der Waals surface area contributed by atoms with Gasteiger partial charge in [-0.1, -0.05) is 64.5 Å². The fourth-order valence-corrected chi connectivity index (χ4v) is 3.87. The molecule has 0 saturated carbocycles. The highest BCUT2D eigenvalue weighted by Gasteiger charge is 2.19. The first-order valence-corrected chi connectivity index (χ1v) is 8.66. The largest absolute Gasteiger partial charge is 0.330 e. The van der Waals surface area contributed by atoms with Crippen molar-refractivity contribution < 1.29 is 0 Å². The average molecular weight is 365 g/mol. The Kier molecular flexibility index (Phi) is 3.66. The summed E-state index contributed by atoms with van der Waals surface area (Å²) in [5.74, 6) is 0. The maximum absolute atomic E-state index is 8.79. The highest BCUT2D eigenvalue weighted by Crippen LogP contribution is 2.35. The van der Waals surface area contributed by atoms with Crippen molar-refractivity contribution in [2.75, 3.05) is 0 Å². The molecule has 114 valence electrons. The van der Waals surface area contributed by atoms with Gasteiger partial charge in [0.15, 0.2) is 0 Å². The van der Waals surface area contributed by atoms with E-state index in [4.69, 9.17) is 5.41 Å². The van der Waals surface area contributed by atoms with Crippen LogP contribution in [0.1, 0.15) is 12.1 Å². The van der Waals surface area contributed by atoms with Gasteiger partial charge in [0.2, 0.25) is 0 Å². The number of pyridine rings is 1. The van der Waals surface area contributed by atoms with Gasteiger partial charge >= 0.3 is 0 Å². The second-order valence-corrected chi connectivity index (χ2v) is 6.73. The molecule has 2 heterocycles. The second kappa shape index (κ2) is 5.82. The zero-order valence-corrected chi connectivity index (χ0v) is 14.3. The third-order valence-electron chi connectivity index (χ3n) is 4.48. The van der Waals surface area contributed by atoms with Crippen LogP contribution in [0, 0.1) is 5.41 Å². The standard InChI is InChI=1S/C20H17BrN2/c21-18-11-5-4-10-16(18)19-17(14-7-2-1-3-8-14)13-15-9-6-12-23(15)20(19)22/h1-5,7-8,10-11,13,22H,6,9,12H2. The molecule has 0 amide bonds. The highest BCUT2D eigenvalue weighted by molar-refractivity contribution is 9.10. The van der Waals surface area contributed by atoms with Gasteiger partial charge < -0.3 is 4.57 Å². The summed E-state index contributed by atoms with van der Waals surface area (Å²) in [5, 5.41) is 8.79. The molecule has 23 heavy (non-hydrogen) atoms. The first-order valence-electron chi connectivity index (χ1n) is 7.87. The first kappa shape index (κ1) is 14.5. The summed E-state index contributed by atoms with van der Waals surface area (Å²) < 4.78 is 3.19. The molecular weight excluding hydrogens is 348 g/mol. The Morgan fingerprint density at radius 3 is 2.43 bits per heavy atom. The van der Waals surface area contributed by atoms with E-state index in [1.807, 2.05) is 24.3 Å². The predicted octanol–water partition coefficient (Wildman–Crippen LogP) is 5.01. The van der Waals surface area contributed by atoms with Crippen molar-refractivity contribution in [3.63, 3.8) is 0 Å². The van der Waals surface area contributed by atoms with Gasteiger partial charge in [-0.2, -0.15) is 0 Å². The van der Waals surface area contributed by atoms with Crippen molar-refractivity contribution in [1.29, 1.82) is 5.41 Å². The van der Waals surface area contributed by atoms with Gasteiger partial charge in [0.05, 0.1) is 0 Å². The summed E-state index contributed by atoms with van der Waals surface area (Å²) in [5.41, 5.74) is 6.29. The molecule has 1 aromatic heterocycles. The molecule has 0 unspecified atom stereocenters. The van der Waals surface area contributed by atoms with Crippen molar-refractivity contribution in [2.45, 2.75) is 19.4 Å². The number of halogens is 1. The summed E-state index contributed by atoms with van der Waals surface area (Å²) in [6, 6.07) is 20.9. The lowest BCUT2D eigenvalue weighted by Gasteiger charge is -2.16. The quantitative estimate of drug-likeness (QED) is 0.662. The number of aromatic nitrogens is 1. The van der Waals surface area contributed by atoms with Crippen molar-refractivity contribution in [3.05, 3.63) is 76.3 Å². The predicted molar refractivity (Wildman–Crippen MR) is 97.2 cm³/mol. The van der Waals surface area contributed by atoms with E-state index in [9.17, 15) is 0 Å². The van der Waals surface area contributed by atoms with Crippen LogP contribution in [-0.2, 0) is 13.0 Å². The molecule has 0 fully saturated rings. The van der Waals surface area contributed by atoms with E-state index < -0.39 is 0 Å². The maximum Gasteiger partial charge on any atom is 0.133 e. The molecule has 1 N–H and O–H groups in total. The van der Waals surface area contributed by atoms with Gasteiger partial charge in [-0.15, -0.1) is 0 Å². The van der Waals surface area contributed by atoms with Gasteiger partial charge in [0.25, 0.3) is 0 Å². The summed E-state index contributed by atoms with van der Waals surface area (Å²) in [4.78, 5) is 0. The SMILES string of the molecule is N=c1c(-c2ccccc2Br)c(-c2ccccc2)cc2n1CCC2. The molecule has 3 aromatic rings. The summed E-state index contributed by atoms with van der Waals surface area (Å²) in [6.45, 7) is 0.945. The minimum Gasteiger partial charge on any atom is -0.330 e. The lowest BCUT2D eigenvalue weighted by atomic mass is 9.95. The van der Waals surface area contributed by atoms with E-state index in [2.05, 4.69) is 56.9 Å². The molecule has 1 aliphatic heterocycles. The van der Waals surface area contributed by atoms with Crippen LogP contribution in [0.25, 0.3) is 22.3 Å². The van der Waals surface area contributed by atoms with E-state index in [-0.39, 0.29) is 0 Å². The molecule has 0 bridgehead atoms. The normalized spacial score (nSPS) is 13.1. The molecule has 1 aliphatic rings. The Bertz CT molecular complexity index is 926. The van der Waals surface area contributed by atoms with E-state index in [0.29, 0.717) is 5.49 Å². The fourth-order valence-electron chi connectivity index (χ4n) is 3.39. The summed E-state index contributed by atoms with van der Waals surface area (Å²) in [6.07, 6.45) is 2.18. The van der Waals surface area contributed by atoms with Crippen molar-refractivity contribution in [3.8, 4) is 22.3 Å². The Morgan fingerprint density at radius 2 is 1.65 bits per heavy atom. The Hall–Kier alpha value is -2.13. The number of benzene rings is 2. The van der Waals surface area contributed by atoms with E-state index in [0.717, 1.165) is 40.5 Å². The lowest BCUT2D eigenvalue weighted by Crippen LogP contribution is -2.22. The molecule has 2 aromatic carbocycles. The van der Waals surface area contributed by atoms with Crippen LogP contribution in [0.15, 0.2) is 65.1 Å². The minimum absolute atomic E-state index is 0.616. The van der Waals surface area contributed by atoms with Crippen LogP contribution >= 0.6 is 15.9 Å². The first-order chi connectivity index (χ1) is 11.3. The smallest absolute Gasteiger partial charge is 0.133 e. The Labute approximate surface area is 144 Å². The Balaban J connectivity index is 2.08. The van der Waals surface area contributed by atoms with Gasteiger partial charge in [-0.05, 0) is 36.1 Å². The zero-order valence-electron chi connectivity index (χ0n) is 12.7. The number of rotatable bonds is 2. The molecule has 0 saturated heterocycles. The van der Waals surface area contributed by atoms with Crippen LogP contribution in [-0.4, -0.2) is 4.57 Å². The molecule has 4 rings (SSSR count). The number of nitrogens with zero attached hydrogens (tertiary/aromatic N) is 1. The third kappa shape index (κ3) is 2.45. The molecule has 3 heteroatoms. The molecule has 0 spiro atoms. The van der Waals surface area contributed by atoms with Crippen LogP contribution in [0.4, 0.5) is 0 Å². The molecule has 2 nitrogen and oxygen atoms in total. The van der Waals surface area contributed by atoms with Crippen LogP contribution < -0.4 is 5.49 Å². The number of hydrogen-bond donors (Lipinski definition) is 1. The zero-order chi connectivity index (χ0) is 15.8. The van der Waals surface area contributed by atoms with Gasteiger partial charge in [-0.25, -0.2) is 0 Å². The Morgan fingerprint density at radius 1 is 0.913 bits per heavy atom. The number of aryl methyl sites for hydroxylation is 1. The minimum atomic E-state index is 0.616. The lowest BCUT2D eigenvalue weighted by molar-refractivity contribution is 0.702. The number of nitrogens with one attached hydrogen (secondary N) is 1. The topological polar surface area (TPSA) is 28.8 Å². The maximum atomic E-state index is 8.79. The van der Waals surface area contributed by atoms with Crippen LogP contribution in [0.2, 0.25) is 0 Å². The summed E-state index contributed by atoms with van der Waals surface area (Å²) in [7, 11) is 0. The average Bonchev–Trinajstić information content (AvgIpc) is 3.05.